The van der Waals surface area contributed by atoms with Gasteiger partial charge in [0, 0.05) is 0 Å². The Morgan fingerprint density at radius 1 is 1.25 bits per heavy atom. The largest absolute Gasteiger partial charge is 0.485 e. The van der Waals surface area contributed by atoms with Crippen molar-refractivity contribution < 1.29 is 9.47 Å². The summed E-state index contributed by atoms with van der Waals surface area (Å²) in [5.74, 6) is 1.87. The van der Waals surface area contributed by atoms with E-state index < -0.39 is 0 Å². The molecular weight excluding hydrogens is 200 g/mol. The molecule has 0 saturated heterocycles. The summed E-state index contributed by atoms with van der Waals surface area (Å²) in [6.07, 6.45) is 1.71. The fourth-order valence-corrected chi connectivity index (χ4v) is 1.84. The van der Waals surface area contributed by atoms with Crippen molar-refractivity contribution in [2.45, 2.75) is 33.1 Å². The predicted octanol–water partition coefficient (Wildman–Crippen LogP) is 3.54. The molecule has 0 unspecified atom stereocenters. The van der Waals surface area contributed by atoms with Gasteiger partial charge in [0.2, 0.25) is 0 Å². The minimum absolute atomic E-state index is 0.152. The van der Waals surface area contributed by atoms with Crippen LogP contribution in [-0.2, 0) is 10.2 Å². The second-order valence-corrected chi connectivity index (χ2v) is 5.17. The average Bonchev–Trinajstić information content (AvgIpc) is 2.98. The molecule has 0 spiro atoms. The van der Waals surface area contributed by atoms with Gasteiger partial charge >= 0.3 is 0 Å². The molecule has 0 aliphatic carbocycles. The second-order valence-electron chi connectivity index (χ2n) is 5.17. The molecule has 2 rings (SSSR count). The molecule has 16 heavy (non-hydrogen) atoms. The van der Waals surface area contributed by atoms with Crippen molar-refractivity contribution in [2.24, 2.45) is 0 Å². The lowest BCUT2D eigenvalue weighted by atomic mass is 9.84. The fourth-order valence-electron chi connectivity index (χ4n) is 1.84. The standard InChI is InChI=1S/C14H18O2/c1-10-12(14(2,3)4)6-5-7-13(10)16-9-11-8-15-11/h5-8H,9H2,1-4H3. The number of rotatable bonds is 3. The molecule has 1 aliphatic heterocycles. The predicted molar refractivity (Wildman–Crippen MR) is 64.5 cm³/mol. The summed E-state index contributed by atoms with van der Waals surface area (Å²) in [6.45, 7) is 9.29. The van der Waals surface area contributed by atoms with Crippen LogP contribution < -0.4 is 4.74 Å². The lowest BCUT2D eigenvalue weighted by Gasteiger charge is -2.23. The van der Waals surface area contributed by atoms with Gasteiger partial charge in [-0.2, -0.15) is 0 Å². The molecule has 2 nitrogen and oxygen atoms in total. The second kappa shape index (κ2) is 3.85. The van der Waals surface area contributed by atoms with Crippen molar-refractivity contribution in [3.63, 3.8) is 0 Å². The van der Waals surface area contributed by atoms with Gasteiger partial charge < -0.3 is 9.47 Å². The summed E-state index contributed by atoms with van der Waals surface area (Å²) in [4.78, 5) is 0. The Hall–Kier alpha value is -1.44. The molecule has 1 aromatic carbocycles. The van der Waals surface area contributed by atoms with Crippen LogP contribution in [0.25, 0.3) is 0 Å². The maximum Gasteiger partial charge on any atom is 0.176 e. The molecule has 2 heteroatoms. The van der Waals surface area contributed by atoms with Crippen LogP contribution in [0.15, 0.2) is 30.2 Å². The molecule has 0 N–H and O–H groups in total. The molecule has 0 radical (unpaired) electrons. The number of ether oxygens (including phenoxy) is 2. The molecule has 0 amide bonds. The minimum atomic E-state index is 0.152. The van der Waals surface area contributed by atoms with E-state index >= 15 is 0 Å². The van der Waals surface area contributed by atoms with Crippen LogP contribution in [0.1, 0.15) is 31.9 Å². The highest BCUT2D eigenvalue weighted by Crippen LogP contribution is 2.31. The van der Waals surface area contributed by atoms with Crippen LogP contribution in [-0.4, -0.2) is 6.61 Å². The van der Waals surface area contributed by atoms with Gasteiger partial charge in [-0.3, -0.25) is 0 Å². The van der Waals surface area contributed by atoms with Gasteiger partial charge in [-0.15, -0.1) is 0 Å². The Kier molecular flexibility index (Phi) is 2.66. The first kappa shape index (κ1) is 11.1. The van der Waals surface area contributed by atoms with E-state index in [1.54, 1.807) is 6.26 Å². The summed E-state index contributed by atoms with van der Waals surface area (Å²) >= 11 is 0. The Labute approximate surface area is 96.9 Å². The van der Waals surface area contributed by atoms with Gasteiger partial charge in [0.1, 0.15) is 18.6 Å². The average molecular weight is 218 g/mol. The van der Waals surface area contributed by atoms with Crippen LogP contribution >= 0.6 is 0 Å². The van der Waals surface area contributed by atoms with Gasteiger partial charge in [-0.05, 0) is 29.5 Å². The molecule has 0 saturated carbocycles. The van der Waals surface area contributed by atoms with E-state index in [9.17, 15) is 0 Å². The molecule has 1 aliphatic rings. The Morgan fingerprint density at radius 2 is 1.94 bits per heavy atom. The minimum Gasteiger partial charge on any atom is -0.485 e. The lowest BCUT2D eigenvalue weighted by Crippen LogP contribution is -2.13. The third-order valence-corrected chi connectivity index (χ3v) is 2.75. The molecule has 0 atom stereocenters. The van der Waals surface area contributed by atoms with E-state index in [4.69, 9.17) is 9.47 Å². The monoisotopic (exact) mass is 218 g/mol. The highest BCUT2D eigenvalue weighted by atomic mass is 16.6. The topological polar surface area (TPSA) is 21.8 Å². The fraction of sp³-hybridized carbons (Fsp3) is 0.429. The van der Waals surface area contributed by atoms with Crippen LogP contribution in [0.5, 0.6) is 5.75 Å². The Bertz CT molecular complexity index is 425. The van der Waals surface area contributed by atoms with Crippen molar-refractivity contribution in [3.8, 4) is 5.75 Å². The number of hydrogen-bond donors (Lipinski definition) is 0. The van der Waals surface area contributed by atoms with Crippen LogP contribution in [0, 0.1) is 6.92 Å². The number of hydrogen-bond acceptors (Lipinski definition) is 2. The zero-order chi connectivity index (χ0) is 11.8. The maximum atomic E-state index is 5.70. The van der Waals surface area contributed by atoms with Gasteiger partial charge in [0.15, 0.2) is 5.76 Å². The normalized spacial score (nSPS) is 14.1. The third kappa shape index (κ3) is 2.38. The van der Waals surface area contributed by atoms with E-state index in [1.807, 2.05) is 12.1 Å². The lowest BCUT2D eigenvalue weighted by molar-refractivity contribution is 0.313. The zero-order valence-corrected chi connectivity index (χ0v) is 10.3. The van der Waals surface area contributed by atoms with Crippen molar-refractivity contribution in [1.29, 1.82) is 0 Å². The molecule has 0 aromatic heterocycles. The van der Waals surface area contributed by atoms with E-state index in [0.29, 0.717) is 6.61 Å². The molecular formula is C14H18O2. The highest BCUT2D eigenvalue weighted by Gasteiger charge is 2.19. The summed E-state index contributed by atoms with van der Waals surface area (Å²) < 4.78 is 10.6. The van der Waals surface area contributed by atoms with E-state index in [-0.39, 0.29) is 5.41 Å². The Morgan fingerprint density at radius 3 is 2.50 bits per heavy atom. The maximum absolute atomic E-state index is 5.70. The highest BCUT2D eigenvalue weighted by molar-refractivity contribution is 5.42. The molecule has 1 aromatic rings. The summed E-state index contributed by atoms with van der Waals surface area (Å²) in [6, 6.07) is 6.22. The quantitative estimate of drug-likeness (QED) is 0.774. The van der Waals surface area contributed by atoms with Gasteiger partial charge in [0.25, 0.3) is 0 Å². The van der Waals surface area contributed by atoms with Gasteiger partial charge in [0.05, 0.1) is 0 Å². The zero-order valence-electron chi connectivity index (χ0n) is 10.3. The van der Waals surface area contributed by atoms with E-state index in [1.165, 1.54) is 11.1 Å². The first-order valence-corrected chi connectivity index (χ1v) is 5.57. The Balaban J connectivity index is 2.21. The molecule has 1 heterocycles. The van der Waals surface area contributed by atoms with Crippen molar-refractivity contribution in [1.82, 2.24) is 0 Å². The summed E-state index contributed by atoms with van der Waals surface area (Å²) in [5.41, 5.74) is 2.70. The first-order chi connectivity index (χ1) is 7.48. The molecule has 0 fully saturated rings. The van der Waals surface area contributed by atoms with Crippen molar-refractivity contribution in [3.05, 3.63) is 41.3 Å². The first-order valence-electron chi connectivity index (χ1n) is 5.57. The molecule has 86 valence electrons. The van der Waals surface area contributed by atoms with E-state index in [0.717, 1.165) is 11.5 Å². The van der Waals surface area contributed by atoms with Crippen molar-refractivity contribution in [2.75, 3.05) is 6.61 Å². The van der Waals surface area contributed by atoms with Crippen LogP contribution in [0.4, 0.5) is 0 Å². The third-order valence-electron chi connectivity index (χ3n) is 2.75. The van der Waals surface area contributed by atoms with Gasteiger partial charge in [-0.25, -0.2) is 0 Å². The van der Waals surface area contributed by atoms with Crippen LogP contribution in [0.3, 0.4) is 0 Å². The summed E-state index contributed by atoms with van der Waals surface area (Å²) in [5, 5.41) is 0. The van der Waals surface area contributed by atoms with Crippen molar-refractivity contribution >= 4 is 0 Å². The smallest absolute Gasteiger partial charge is 0.176 e. The van der Waals surface area contributed by atoms with Gasteiger partial charge in [-0.1, -0.05) is 32.9 Å². The summed E-state index contributed by atoms with van der Waals surface area (Å²) in [7, 11) is 0. The molecule has 0 bridgehead atoms. The SMILES string of the molecule is Cc1c(OCC2=CO2)cccc1C(C)(C)C. The van der Waals surface area contributed by atoms with E-state index in [2.05, 4.69) is 33.8 Å². The number of benzene rings is 1. The van der Waals surface area contributed by atoms with Crippen LogP contribution in [0.2, 0.25) is 0 Å².